The van der Waals surface area contributed by atoms with E-state index in [0.29, 0.717) is 5.92 Å². The first-order valence-electron chi connectivity index (χ1n) is 7.09. The monoisotopic (exact) mass is 273 g/mol. The molecule has 0 bridgehead atoms. The average molecular weight is 273 g/mol. The van der Waals surface area contributed by atoms with Crippen LogP contribution in [0.4, 0.5) is 5.95 Å². The molecule has 20 heavy (non-hydrogen) atoms. The highest BCUT2D eigenvalue weighted by Crippen LogP contribution is 2.19. The molecule has 1 N–H and O–H groups in total. The molecule has 0 aliphatic heterocycles. The minimum Gasteiger partial charge on any atom is -0.385 e. The van der Waals surface area contributed by atoms with E-state index in [0.717, 1.165) is 31.2 Å². The Morgan fingerprint density at radius 1 is 1.25 bits per heavy atom. The van der Waals surface area contributed by atoms with Crippen LogP contribution in [0.25, 0.3) is 5.69 Å². The molecule has 108 valence electrons. The molecule has 4 heteroatoms. The van der Waals surface area contributed by atoms with E-state index in [1.54, 1.807) is 7.11 Å². The van der Waals surface area contributed by atoms with Crippen molar-refractivity contribution in [1.82, 2.24) is 9.55 Å². The number of hydrogen-bond donors (Lipinski definition) is 1. The van der Waals surface area contributed by atoms with Crippen LogP contribution in [0.1, 0.15) is 31.7 Å². The van der Waals surface area contributed by atoms with Crippen molar-refractivity contribution in [3.63, 3.8) is 0 Å². The fraction of sp³-hybridized carbons (Fsp3) is 0.438. The van der Waals surface area contributed by atoms with E-state index < -0.39 is 0 Å². The number of anilines is 1. The molecule has 2 rings (SSSR count). The second-order valence-corrected chi connectivity index (χ2v) is 5.14. The van der Waals surface area contributed by atoms with Gasteiger partial charge in [0, 0.05) is 38.3 Å². The van der Waals surface area contributed by atoms with Gasteiger partial charge in [0.2, 0.25) is 5.95 Å². The number of methoxy groups -OCH3 is 1. The van der Waals surface area contributed by atoms with Crippen LogP contribution in [-0.4, -0.2) is 29.8 Å². The van der Waals surface area contributed by atoms with Crippen LogP contribution in [0.5, 0.6) is 0 Å². The van der Waals surface area contributed by atoms with Gasteiger partial charge in [-0.05, 0) is 30.0 Å². The van der Waals surface area contributed by atoms with E-state index in [1.807, 2.05) is 12.4 Å². The third-order valence-electron chi connectivity index (χ3n) is 3.29. The highest BCUT2D eigenvalue weighted by Gasteiger charge is 2.05. The molecule has 0 spiro atoms. The van der Waals surface area contributed by atoms with E-state index in [1.165, 1.54) is 5.56 Å². The normalized spacial score (nSPS) is 11.0. The highest BCUT2D eigenvalue weighted by molar-refractivity contribution is 5.43. The van der Waals surface area contributed by atoms with Gasteiger partial charge in [-0.1, -0.05) is 26.0 Å². The number of ether oxygens (including phenoxy) is 1. The minimum atomic E-state index is 0.554. The van der Waals surface area contributed by atoms with E-state index in [-0.39, 0.29) is 0 Å². The summed E-state index contributed by atoms with van der Waals surface area (Å²) in [6, 6.07) is 8.62. The van der Waals surface area contributed by atoms with Crippen LogP contribution in [0.2, 0.25) is 0 Å². The van der Waals surface area contributed by atoms with E-state index in [2.05, 4.69) is 53.0 Å². The maximum atomic E-state index is 5.04. The summed E-state index contributed by atoms with van der Waals surface area (Å²) < 4.78 is 7.11. The predicted octanol–water partition coefficient (Wildman–Crippen LogP) is 3.44. The maximum Gasteiger partial charge on any atom is 0.207 e. The molecule has 0 unspecified atom stereocenters. The van der Waals surface area contributed by atoms with Crippen LogP contribution >= 0.6 is 0 Å². The largest absolute Gasteiger partial charge is 0.385 e. The Kier molecular flexibility index (Phi) is 5.18. The Labute approximate surface area is 120 Å². The van der Waals surface area contributed by atoms with Crippen LogP contribution in [-0.2, 0) is 4.74 Å². The van der Waals surface area contributed by atoms with E-state index >= 15 is 0 Å². The summed E-state index contributed by atoms with van der Waals surface area (Å²) >= 11 is 0. The minimum absolute atomic E-state index is 0.554. The van der Waals surface area contributed by atoms with Gasteiger partial charge in [-0.3, -0.25) is 4.57 Å². The average Bonchev–Trinajstić information content (AvgIpc) is 2.92. The molecule has 0 saturated carbocycles. The summed E-state index contributed by atoms with van der Waals surface area (Å²) in [5, 5.41) is 3.34. The summed E-state index contributed by atoms with van der Waals surface area (Å²) in [7, 11) is 1.72. The van der Waals surface area contributed by atoms with Gasteiger partial charge in [-0.2, -0.15) is 0 Å². The second kappa shape index (κ2) is 7.10. The van der Waals surface area contributed by atoms with Crippen LogP contribution in [0.3, 0.4) is 0 Å². The fourth-order valence-electron chi connectivity index (χ4n) is 2.08. The first kappa shape index (κ1) is 14.6. The van der Waals surface area contributed by atoms with Crippen molar-refractivity contribution in [2.45, 2.75) is 26.2 Å². The van der Waals surface area contributed by atoms with Crippen molar-refractivity contribution in [1.29, 1.82) is 0 Å². The van der Waals surface area contributed by atoms with Crippen molar-refractivity contribution < 1.29 is 4.74 Å². The Morgan fingerprint density at radius 3 is 2.65 bits per heavy atom. The molecule has 2 aromatic rings. The van der Waals surface area contributed by atoms with E-state index in [9.17, 15) is 0 Å². The first-order chi connectivity index (χ1) is 9.72. The van der Waals surface area contributed by atoms with Gasteiger partial charge in [-0.25, -0.2) is 4.98 Å². The molecule has 1 aromatic carbocycles. The van der Waals surface area contributed by atoms with Crippen molar-refractivity contribution in [2.75, 3.05) is 25.6 Å². The standard InChI is InChI=1S/C16H23N3O/c1-13(2)14-5-7-15(8-6-14)19-11-10-18-16(19)17-9-4-12-20-3/h5-8,10-11,13H,4,9,12H2,1-3H3,(H,17,18). The van der Waals surface area contributed by atoms with Crippen molar-refractivity contribution in [2.24, 2.45) is 0 Å². The van der Waals surface area contributed by atoms with Gasteiger partial charge in [0.1, 0.15) is 0 Å². The Bertz CT molecular complexity index is 517. The molecule has 4 nitrogen and oxygen atoms in total. The number of nitrogens with zero attached hydrogens (tertiary/aromatic N) is 2. The van der Waals surface area contributed by atoms with E-state index in [4.69, 9.17) is 4.74 Å². The molecule has 0 radical (unpaired) electrons. The third-order valence-corrected chi connectivity index (χ3v) is 3.29. The van der Waals surface area contributed by atoms with Gasteiger partial charge in [0.15, 0.2) is 0 Å². The third kappa shape index (κ3) is 3.61. The van der Waals surface area contributed by atoms with Gasteiger partial charge < -0.3 is 10.1 Å². The summed E-state index contributed by atoms with van der Waals surface area (Å²) in [5.74, 6) is 1.43. The molecule has 1 aromatic heterocycles. The molecule has 0 atom stereocenters. The molecule has 0 aliphatic carbocycles. The molecule has 0 fully saturated rings. The number of imidazole rings is 1. The van der Waals surface area contributed by atoms with Crippen molar-refractivity contribution >= 4 is 5.95 Å². The number of nitrogens with one attached hydrogen (secondary N) is 1. The zero-order chi connectivity index (χ0) is 14.4. The molecule has 0 amide bonds. The predicted molar refractivity (Wildman–Crippen MR) is 82.6 cm³/mol. The number of hydrogen-bond acceptors (Lipinski definition) is 3. The summed E-state index contributed by atoms with van der Waals surface area (Å²) in [6.07, 6.45) is 4.76. The Balaban J connectivity index is 2.07. The highest BCUT2D eigenvalue weighted by atomic mass is 16.5. The SMILES string of the molecule is COCCCNc1nccn1-c1ccc(C(C)C)cc1. The number of rotatable bonds is 7. The van der Waals surface area contributed by atoms with Crippen molar-refractivity contribution in [3.8, 4) is 5.69 Å². The summed E-state index contributed by atoms with van der Waals surface area (Å²) in [4.78, 5) is 4.36. The lowest BCUT2D eigenvalue weighted by atomic mass is 10.0. The Morgan fingerprint density at radius 2 is 2.00 bits per heavy atom. The molecule has 0 saturated heterocycles. The van der Waals surface area contributed by atoms with Gasteiger partial charge in [-0.15, -0.1) is 0 Å². The molecule has 1 heterocycles. The molecular weight excluding hydrogens is 250 g/mol. The lowest BCUT2D eigenvalue weighted by molar-refractivity contribution is 0.197. The van der Waals surface area contributed by atoms with Gasteiger partial charge in [0.05, 0.1) is 0 Å². The van der Waals surface area contributed by atoms with Crippen LogP contribution in [0.15, 0.2) is 36.7 Å². The number of benzene rings is 1. The summed E-state index contributed by atoms with van der Waals surface area (Å²) in [6.45, 7) is 6.02. The van der Waals surface area contributed by atoms with Gasteiger partial charge >= 0.3 is 0 Å². The lowest BCUT2D eigenvalue weighted by Crippen LogP contribution is -2.09. The van der Waals surface area contributed by atoms with Crippen LogP contribution < -0.4 is 5.32 Å². The fourth-order valence-corrected chi connectivity index (χ4v) is 2.08. The van der Waals surface area contributed by atoms with Crippen molar-refractivity contribution in [3.05, 3.63) is 42.2 Å². The first-order valence-corrected chi connectivity index (χ1v) is 7.09. The van der Waals surface area contributed by atoms with Crippen LogP contribution in [0, 0.1) is 0 Å². The lowest BCUT2D eigenvalue weighted by Gasteiger charge is -2.11. The molecular formula is C16H23N3O. The number of aromatic nitrogens is 2. The topological polar surface area (TPSA) is 39.1 Å². The summed E-state index contributed by atoms with van der Waals surface area (Å²) in [5.41, 5.74) is 2.48. The smallest absolute Gasteiger partial charge is 0.207 e. The zero-order valence-electron chi connectivity index (χ0n) is 12.5. The Hall–Kier alpha value is -1.81. The second-order valence-electron chi connectivity index (χ2n) is 5.14. The molecule has 0 aliphatic rings. The zero-order valence-corrected chi connectivity index (χ0v) is 12.5. The quantitative estimate of drug-likeness (QED) is 0.785. The maximum absolute atomic E-state index is 5.04. The van der Waals surface area contributed by atoms with Gasteiger partial charge in [0.25, 0.3) is 0 Å².